The van der Waals surface area contributed by atoms with Crippen LogP contribution in [0.4, 0.5) is 0 Å². The Morgan fingerprint density at radius 3 is 2.86 bits per heavy atom. The molecule has 0 spiro atoms. The molecule has 28 heavy (non-hydrogen) atoms. The molecule has 144 valence electrons. The Morgan fingerprint density at radius 1 is 1.18 bits per heavy atom. The predicted molar refractivity (Wildman–Crippen MR) is 98.9 cm³/mol. The number of aromatic nitrogens is 8. The molecule has 0 N–H and O–H groups in total. The van der Waals surface area contributed by atoms with Gasteiger partial charge < -0.3 is 9.15 Å². The van der Waals surface area contributed by atoms with Crippen molar-refractivity contribution >= 4 is 0 Å². The van der Waals surface area contributed by atoms with Gasteiger partial charge in [-0.1, -0.05) is 19.1 Å². The molecule has 3 heterocycles. The van der Waals surface area contributed by atoms with Crippen molar-refractivity contribution < 1.29 is 9.15 Å². The maximum Gasteiger partial charge on any atom is 0.247 e. The highest BCUT2D eigenvalue weighted by molar-refractivity contribution is 5.65. The summed E-state index contributed by atoms with van der Waals surface area (Å²) in [5.74, 6) is 2.35. The molecule has 3 aromatic heterocycles. The van der Waals surface area contributed by atoms with Gasteiger partial charge in [-0.3, -0.25) is 0 Å². The van der Waals surface area contributed by atoms with Gasteiger partial charge in [0.1, 0.15) is 25.8 Å². The lowest BCUT2D eigenvalue weighted by Crippen LogP contribution is -2.04. The SMILES string of the molecule is CCCn1nc(Cn2cncn2)nc1-c1cccc(-c2nnc(COC)o2)c1. The largest absolute Gasteiger partial charge is 0.418 e. The molecule has 0 unspecified atom stereocenters. The third-order valence-electron chi connectivity index (χ3n) is 4.02. The summed E-state index contributed by atoms with van der Waals surface area (Å²) in [6, 6.07) is 7.82. The molecule has 0 aliphatic rings. The molecule has 10 nitrogen and oxygen atoms in total. The molecule has 0 aliphatic heterocycles. The van der Waals surface area contributed by atoms with Crippen molar-refractivity contribution in [3.8, 4) is 22.8 Å². The molecular formula is C18H20N8O2. The minimum Gasteiger partial charge on any atom is -0.418 e. The van der Waals surface area contributed by atoms with Crippen LogP contribution in [0.3, 0.4) is 0 Å². The molecule has 0 amide bonds. The molecule has 10 heteroatoms. The lowest BCUT2D eigenvalue weighted by molar-refractivity contribution is 0.160. The predicted octanol–water partition coefficient (Wildman–Crippen LogP) is 2.19. The van der Waals surface area contributed by atoms with Crippen LogP contribution in [0.25, 0.3) is 22.8 Å². The van der Waals surface area contributed by atoms with Crippen molar-refractivity contribution in [1.29, 1.82) is 0 Å². The number of methoxy groups -OCH3 is 1. The smallest absolute Gasteiger partial charge is 0.247 e. The number of nitrogens with zero attached hydrogens (tertiary/aromatic N) is 8. The van der Waals surface area contributed by atoms with E-state index in [0.717, 1.165) is 29.9 Å². The van der Waals surface area contributed by atoms with E-state index in [-0.39, 0.29) is 6.61 Å². The van der Waals surface area contributed by atoms with Crippen LogP contribution in [-0.4, -0.2) is 46.8 Å². The first-order chi connectivity index (χ1) is 13.8. The number of ether oxygens (including phenoxy) is 1. The van der Waals surface area contributed by atoms with E-state index >= 15 is 0 Å². The van der Waals surface area contributed by atoms with E-state index in [1.54, 1.807) is 18.1 Å². The lowest BCUT2D eigenvalue weighted by Gasteiger charge is -2.05. The first-order valence-electron chi connectivity index (χ1n) is 8.95. The van der Waals surface area contributed by atoms with Gasteiger partial charge in [0.25, 0.3) is 0 Å². The van der Waals surface area contributed by atoms with Crippen molar-refractivity contribution in [1.82, 2.24) is 39.7 Å². The minimum atomic E-state index is 0.281. The Kier molecular flexibility index (Phi) is 5.20. The normalized spacial score (nSPS) is 11.2. The van der Waals surface area contributed by atoms with E-state index in [0.29, 0.717) is 24.2 Å². The van der Waals surface area contributed by atoms with Gasteiger partial charge in [0.15, 0.2) is 11.6 Å². The molecular weight excluding hydrogens is 360 g/mol. The van der Waals surface area contributed by atoms with Crippen LogP contribution < -0.4 is 0 Å². The number of hydrogen-bond acceptors (Lipinski definition) is 8. The molecule has 0 atom stereocenters. The van der Waals surface area contributed by atoms with Gasteiger partial charge >= 0.3 is 0 Å². The second kappa shape index (κ2) is 8.09. The number of rotatable bonds is 8. The fourth-order valence-electron chi connectivity index (χ4n) is 2.84. The van der Waals surface area contributed by atoms with E-state index in [2.05, 4.69) is 32.3 Å². The number of aryl methyl sites for hydroxylation is 1. The van der Waals surface area contributed by atoms with Gasteiger partial charge in [0, 0.05) is 24.8 Å². The summed E-state index contributed by atoms with van der Waals surface area (Å²) in [4.78, 5) is 8.68. The maximum atomic E-state index is 5.65. The van der Waals surface area contributed by atoms with Crippen molar-refractivity contribution in [2.75, 3.05) is 7.11 Å². The van der Waals surface area contributed by atoms with E-state index in [1.165, 1.54) is 6.33 Å². The van der Waals surface area contributed by atoms with E-state index in [4.69, 9.17) is 14.1 Å². The Hall–Kier alpha value is -3.40. The number of hydrogen-bond donors (Lipinski definition) is 0. The van der Waals surface area contributed by atoms with E-state index in [1.807, 2.05) is 28.9 Å². The standard InChI is InChI=1S/C18H20N8O2/c1-3-7-26-17(21-15(24-26)9-25-12-19-11-20-25)13-5-4-6-14(8-13)18-23-22-16(28-18)10-27-2/h4-6,8,11-12H,3,7,9-10H2,1-2H3. The molecule has 1 aromatic carbocycles. The first-order valence-corrected chi connectivity index (χ1v) is 8.95. The minimum absolute atomic E-state index is 0.281. The molecule has 4 aromatic rings. The summed E-state index contributed by atoms with van der Waals surface area (Å²) in [5, 5.41) is 16.8. The summed E-state index contributed by atoms with van der Waals surface area (Å²) >= 11 is 0. The lowest BCUT2D eigenvalue weighted by atomic mass is 10.1. The van der Waals surface area contributed by atoms with Crippen LogP contribution in [0, 0.1) is 0 Å². The van der Waals surface area contributed by atoms with Crippen LogP contribution in [0.2, 0.25) is 0 Å². The summed E-state index contributed by atoms with van der Waals surface area (Å²) in [7, 11) is 1.59. The quantitative estimate of drug-likeness (QED) is 0.457. The van der Waals surface area contributed by atoms with Gasteiger partial charge in [-0.15, -0.1) is 10.2 Å². The highest BCUT2D eigenvalue weighted by Crippen LogP contribution is 2.25. The van der Waals surface area contributed by atoms with Crippen molar-refractivity contribution in [3.63, 3.8) is 0 Å². The Labute approximate surface area is 161 Å². The van der Waals surface area contributed by atoms with Crippen LogP contribution >= 0.6 is 0 Å². The van der Waals surface area contributed by atoms with Crippen LogP contribution in [0.1, 0.15) is 25.1 Å². The van der Waals surface area contributed by atoms with Crippen LogP contribution in [0.5, 0.6) is 0 Å². The number of benzene rings is 1. The third kappa shape index (κ3) is 3.81. The second-order valence-corrected chi connectivity index (χ2v) is 6.18. The van der Waals surface area contributed by atoms with Crippen LogP contribution in [-0.2, 0) is 24.4 Å². The molecule has 0 aliphatic carbocycles. The molecule has 4 rings (SSSR count). The monoisotopic (exact) mass is 380 g/mol. The molecule has 0 fully saturated rings. The van der Waals surface area contributed by atoms with E-state index < -0.39 is 0 Å². The summed E-state index contributed by atoms with van der Waals surface area (Å²) in [5.41, 5.74) is 1.74. The second-order valence-electron chi connectivity index (χ2n) is 6.18. The molecule has 0 radical (unpaired) electrons. The maximum absolute atomic E-state index is 5.65. The summed E-state index contributed by atoms with van der Waals surface area (Å²) in [6.45, 7) is 3.62. The van der Waals surface area contributed by atoms with Gasteiger partial charge in [-0.05, 0) is 18.6 Å². The Balaban J connectivity index is 1.66. The topological polar surface area (TPSA) is 110 Å². The molecule has 0 bridgehead atoms. The van der Waals surface area contributed by atoms with Crippen molar-refractivity contribution in [2.24, 2.45) is 0 Å². The fourth-order valence-corrected chi connectivity index (χ4v) is 2.84. The van der Waals surface area contributed by atoms with Gasteiger partial charge in [-0.2, -0.15) is 10.2 Å². The van der Waals surface area contributed by atoms with Gasteiger partial charge in [0.2, 0.25) is 11.8 Å². The summed E-state index contributed by atoms with van der Waals surface area (Å²) < 4.78 is 14.3. The zero-order chi connectivity index (χ0) is 19.3. The van der Waals surface area contributed by atoms with E-state index in [9.17, 15) is 0 Å². The van der Waals surface area contributed by atoms with Crippen molar-refractivity contribution in [2.45, 2.75) is 33.0 Å². The highest BCUT2D eigenvalue weighted by Gasteiger charge is 2.15. The zero-order valence-corrected chi connectivity index (χ0v) is 15.7. The third-order valence-corrected chi connectivity index (χ3v) is 4.02. The highest BCUT2D eigenvalue weighted by atomic mass is 16.5. The molecule has 0 saturated heterocycles. The first kappa shape index (κ1) is 18.0. The summed E-state index contributed by atoms with van der Waals surface area (Å²) in [6.07, 6.45) is 4.09. The van der Waals surface area contributed by atoms with Gasteiger partial charge in [-0.25, -0.2) is 19.3 Å². The average molecular weight is 380 g/mol. The Bertz CT molecular complexity index is 1040. The van der Waals surface area contributed by atoms with Crippen molar-refractivity contribution in [3.05, 3.63) is 48.6 Å². The van der Waals surface area contributed by atoms with Crippen LogP contribution in [0.15, 0.2) is 41.3 Å². The average Bonchev–Trinajstić information content (AvgIpc) is 3.45. The Morgan fingerprint density at radius 2 is 2.07 bits per heavy atom. The fraction of sp³-hybridized carbons (Fsp3) is 0.333. The molecule has 0 saturated carbocycles. The zero-order valence-electron chi connectivity index (χ0n) is 15.7. The van der Waals surface area contributed by atoms with Gasteiger partial charge in [0.05, 0.1) is 0 Å².